The Kier molecular flexibility index (Phi) is 5.23. The fourth-order valence-corrected chi connectivity index (χ4v) is 3.68. The summed E-state index contributed by atoms with van der Waals surface area (Å²) in [6, 6.07) is 13.4. The van der Waals surface area contributed by atoms with Gasteiger partial charge in [-0.15, -0.1) is 23.1 Å². The van der Waals surface area contributed by atoms with Crippen LogP contribution in [-0.2, 0) is 15.1 Å². The minimum atomic E-state index is -1.12. The molecule has 2 rings (SSSR count). The summed E-state index contributed by atoms with van der Waals surface area (Å²) in [5.74, 6) is 0.0753. The highest BCUT2D eigenvalue weighted by atomic mass is 32.2. The van der Waals surface area contributed by atoms with Crippen molar-refractivity contribution in [1.29, 1.82) is 0 Å². The second-order valence-corrected chi connectivity index (χ2v) is 6.50. The number of hydrogen-bond acceptors (Lipinski definition) is 5. The number of thioether (sulfide) groups is 1. The van der Waals surface area contributed by atoms with E-state index in [1.807, 2.05) is 47.8 Å². The fraction of sp³-hybridized carbons (Fsp3) is 0.267. The molecule has 106 valence electrons. The summed E-state index contributed by atoms with van der Waals surface area (Å²) in [6.45, 7) is 2.12. The van der Waals surface area contributed by atoms with Crippen LogP contribution in [0.15, 0.2) is 52.1 Å². The van der Waals surface area contributed by atoms with Gasteiger partial charge in [-0.3, -0.25) is 0 Å². The van der Waals surface area contributed by atoms with E-state index < -0.39 is 5.54 Å². The average molecular weight is 307 g/mol. The zero-order chi connectivity index (χ0) is 14.4. The molecule has 0 saturated carbocycles. The van der Waals surface area contributed by atoms with Crippen LogP contribution < -0.4 is 5.73 Å². The van der Waals surface area contributed by atoms with Crippen molar-refractivity contribution in [2.75, 3.05) is 12.4 Å². The minimum Gasteiger partial charge on any atom is -0.464 e. The van der Waals surface area contributed by atoms with E-state index in [0.29, 0.717) is 12.4 Å². The standard InChI is InChI=1S/C15H17NO2S2/c1-2-18-14(17)15(16,12-7-4-3-5-8-12)11-20-13-9-6-10-19-13/h3-10H,2,11,16H2,1H3. The van der Waals surface area contributed by atoms with E-state index in [2.05, 4.69) is 0 Å². The first-order valence-electron chi connectivity index (χ1n) is 6.34. The van der Waals surface area contributed by atoms with Gasteiger partial charge in [0.1, 0.15) is 5.54 Å². The third kappa shape index (κ3) is 3.42. The largest absolute Gasteiger partial charge is 0.464 e. The molecule has 2 aromatic rings. The highest BCUT2D eigenvalue weighted by Crippen LogP contribution is 2.31. The van der Waals surface area contributed by atoms with Crippen molar-refractivity contribution in [3.05, 3.63) is 53.4 Å². The van der Waals surface area contributed by atoms with Crippen LogP contribution in [0.1, 0.15) is 12.5 Å². The van der Waals surface area contributed by atoms with Crippen molar-refractivity contribution in [1.82, 2.24) is 0 Å². The highest BCUT2D eigenvalue weighted by Gasteiger charge is 2.37. The van der Waals surface area contributed by atoms with Crippen LogP contribution >= 0.6 is 23.1 Å². The van der Waals surface area contributed by atoms with E-state index in [1.165, 1.54) is 0 Å². The van der Waals surface area contributed by atoms with Crippen molar-refractivity contribution >= 4 is 29.1 Å². The maximum atomic E-state index is 12.3. The van der Waals surface area contributed by atoms with Crippen molar-refractivity contribution < 1.29 is 9.53 Å². The van der Waals surface area contributed by atoms with E-state index in [-0.39, 0.29) is 5.97 Å². The Morgan fingerprint density at radius 1 is 1.30 bits per heavy atom. The molecule has 0 radical (unpaired) electrons. The first kappa shape index (κ1) is 15.1. The Morgan fingerprint density at radius 2 is 2.05 bits per heavy atom. The Labute approximate surface area is 127 Å². The molecule has 2 N–H and O–H groups in total. The van der Waals surface area contributed by atoms with E-state index in [0.717, 1.165) is 9.77 Å². The molecule has 1 aromatic carbocycles. The zero-order valence-corrected chi connectivity index (χ0v) is 12.9. The molecule has 1 unspecified atom stereocenters. The normalized spacial score (nSPS) is 13.7. The quantitative estimate of drug-likeness (QED) is 0.657. The molecule has 0 saturated heterocycles. The third-order valence-electron chi connectivity index (χ3n) is 2.87. The van der Waals surface area contributed by atoms with E-state index in [4.69, 9.17) is 10.5 Å². The molecule has 5 heteroatoms. The van der Waals surface area contributed by atoms with Gasteiger partial charge in [0.05, 0.1) is 10.8 Å². The lowest BCUT2D eigenvalue weighted by atomic mass is 9.93. The lowest BCUT2D eigenvalue weighted by molar-refractivity contribution is -0.149. The van der Waals surface area contributed by atoms with Gasteiger partial charge in [0, 0.05) is 5.75 Å². The number of rotatable bonds is 6. The van der Waals surface area contributed by atoms with Crippen molar-refractivity contribution in [3.63, 3.8) is 0 Å². The highest BCUT2D eigenvalue weighted by molar-refractivity contribution is 8.01. The zero-order valence-electron chi connectivity index (χ0n) is 11.2. The molecule has 20 heavy (non-hydrogen) atoms. The molecule has 0 aliphatic rings. The summed E-state index contributed by atoms with van der Waals surface area (Å²) >= 11 is 3.21. The Hall–Kier alpha value is -1.30. The fourth-order valence-electron chi connectivity index (χ4n) is 1.79. The lowest BCUT2D eigenvalue weighted by Gasteiger charge is -2.27. The van der Waals surface area contributed by atoms with E-state index in [9.17, 15) is 4.79 Å². The number of esters is 1. The number of nitrogens with two attached hydrogens (primary N) is 1. The molecule has 3 nitrogen and oxygen atoms in total. The van der Waals surface area contributed by atoms with Crippen LogP contribution in [0.5, 0.6) is 0 Å². The number of carbonyl (C=O) groups is 1. The SMILES string of the molecule is CCOC(=O)C(N)(CSc1cccs1)c1ccccc1. The number of carbonyl (C=O) groups excluding carboxylic acids is 1. The molecule has 0 spiro atoms. The van der Waals surface area contributed by atoms with Gasteiger partial charge in [-0.2, -0.15) is 0 Å². The summed E-state index contributed by atoms with van der Waals surface area (Å²) in [7, 11) is 0. The molecule has 1 atom stereocenters. The predicted octanol–water partition coefficient (Wildman–Crippen LogP) is 3.26. The van der Waals surface area contributed by atoms with E-state index >= 15 is 0 Å². The van der Waals surface area contributed by atoms with Crippen LogP contribution in [0.4, 0.5) is 0 Å². The average Bonchev–Trinajstić information content (AvgIpc) is 2.99. The summed E-state index contributed by atoms with van der Waals surface area (Å²) in [5, 5.41) is 2.01. The molecule has 1 aromatic heterocycles. The Morgan fingerprint density at radius 3 is 2.65 bits per heavy atom. The van der Waals surface area contributed by atoms with Crippen LogP contribution in [0.2, 0.25) is 0 Å². The van der Waals surface area contributed by atoms with Crippen LogP contribution in [-0.4, -0.2) is 18.3 Å². The molecular weight excluding hydrogens is 290 g/mol. The number of hydrogen-bond donors (Lipinski definition) is 1. The monoisotopic (exact) mass is 307 g/mol. The van der Waals surface area contributed by atoms with Gasteiger partial charge in [0.2, 0.25) is 0 Å². The second-order valence-electron chi connectivity index (χ2n) is 4.28. The second kappa shape index (κ2) is 6.92. The number of benzene rings is 1. The van der Waals surface area contributed by atoms with Crippen molar-refractivity contribution in [3.8, 4) is 0 Å². The minimum absolute atomic E-state index is 0.328. The lowest BCUT2D eigenvalue weighted by Crippen LogP contribution is -2.48. The van der Waals surface area contributed by atoms with E-state index in [1.54, 1.807) is 30.0 Å². The van der Waals surface area contributed by atoms with Gasteiger partial charge in [-0.05, 0) is 23.9 Å². The molecule has 0 aliphatic heterocycles. The Balaban J connectivity index is 2.22. The molecule has 0 fully saturated rings. The third-order valence-corrected chi connectivity index (χ3v) is 5.19. The molecule has 0 bridgehead atoms. The maximum Gasteiger partial charge on any atom is 0.331 e. The predicted molar refractivity (Wildman–Crippen MR) is 84.0 cm³/mol. The summed E-state index contributed by atoms with van der Waals surface area (Å²) < 4.78 is 6.30. The molecular formula is C15H17NO2S2. The van der Waals surface area contributed by atoms with Gasteiger partial charge in [-0.25, -0.2) is 4.79 Å². The van der Waals surface area contributed by atoms with Gasteiger partial charge < -0.3 is 10.5 Å². The van der Waals surface area contributed by atoms with Crippen molar-refractivity contribution in [2.45, 2.75) is 16.7 Å². The van der Waals surface area contributed by atoms with Gasteiger partial charge in [0.25, 0.3) is 0 Å². The molecule has 1 heterocycles. The number of thiophene rings is 1. The Bertz CT molecular complexity index is 542. The van der Waals surface area contributed by atoms with Crippen LogP contribution in [0.25, 0.3) is 0 Å². The first-order chi connectivity index (χ1) is 9.66. The molecule has 0 aliphatic carbocycles. The topological polar surface area (TPSA) is 52.3 Å². The number of ether oxygens (including phenoxy) is 1. The smallest absolute Gasteiger partial charge is 0.331 e. The first-order valence-corrected chi connectivity index (χ1v) is 8.21. The van der Waals surface area contributed by atoms with Crippen LogP contribution in [0.3, 0.4) is 0 Å². The summed E-state index contributed by atoms with van der Waals surface area (Å²) in [4.78, 5) is 12.3. The van der Waals surface area contributed by atoms with Gasteiger partial charge >= 0.3 is 5.97 Å². The van der Waals surface area contributed by atoms with Crippen LogP contribution in [0, 0.1) is 0 Å². The summed E-state index contributed by atoms with van der Waals surface area (Å²) in [6.07, 6.45) is 0. The summed E-state index contributed by atoms with van der Waals surface area (Å²) in [5.41, 5.74) is 6.04. The van der Waals surface area contributed by atoms with Gasteiger partial charge in [0.15, 0.2) is 0 Å². The maximum absolute atomic E-state index is 12.3. The van der Waals surface area contributed by atoms with Crippen molar-refractivity contribution in [2.24, 2.45) is 5.73 Å². The van der Waals surface area contributed by atoms with Gasteiger partial charge in [-0.1, -0.05) is 36.4 Å². The molecule has 0 amide bonds.